The number of anilines is 1. The molecule has 1 amide bonds. The zero-order valence-electron chi connectivity index (χ0n) is 12.4. The quantitative estimate of drug-likeness (QED) is 0.560. The summed E-state index contributed by atoms with van der Waals surface area (Å²) in [5, 5.41) is 16.8. The van der Waals surface area contributed by atoms with E-state index in [1.165, 1.54) is 12.3 Å². The van der Waals surface area contributed by atoms with Crippen molar-refractivity contribution in [3.63, 3.8) is 0 Å². The van der Waals surface area contributed by atoms with Crippen molar-refractivity contribution in [1.82, 2.24) is 5.43 Å². The number of phenolic OH excluding ortho intramolecular Hbond substituents is 1. The molecule has 2 aromatic rings. The standard InChI is InChI=1S/C16H16ClN3O3/c1-23-15-5-3-2-4-13(15)18-10-16(22)20-19-9-11-8-12(17)6-7-14(11)21/h2-9,18,21H,10H2,1H3,(H,20,22)/b19-9-. The Morgan fingerprint density at radius 1 is 1.35 bits per heavy atom. The number of benzene rings is 2. The van der Waals surface area contributed by atoms with Gasteiger partial charge in [0.15, 0.2) is 0 Å². The third-order valence-corrected chi connectivity index (χ3v) is 3.16. The van der Waals surface area contributed by atoms with Crippen LogP contribution in [0.15, 0.2) is 47.6 Å². The summed E-state index contributed by atoms with van der Waals surface area (Å²) in [5.74, 6) is 0.334. The fourth-order valence-corrected chi connectivity index (χ4v) is 1.99. The van der Waals surface area contributed by atoms with Gasteiger partial charge < -0.3 is 15.2 Å². The summed E-state index contributed by atoms with van der Waals surface area (Å²) in [6.07, 6.45) is 1.32. The lowest BCUT2D eigenvalue weighted by molar-refractivity contribution is -0.119. The van der Waals surface area contributed by atoms with Gasteiger partial charge in [-0.2, -0.15) is 5.10 Å². The fraction of sp³-hybridized carbons (Fsp3) is 0.125. The molecule has 0 saturated heterocycles. The van der Waals surface area contributed by atoms with E-state index in [-0.39, 0.29) is 18.2 Å². The number of nitrogens with one attached hydrogen (secondary N) is 2. The normalized spacial score (nSPS) is 10.5. The van der Waals surface area contributed by atoms with E-state index in [0.29, 0.717) is 22.0 Å². The number of hydrazone groups is 1. The molecule has 2 aromatic carbocycles. The first kappa shape index (κ1) is 16.6. The van der Waals surface area contributed by atoms with Gasteiger partial charge in [-0.05, 0) is 30.3 Å². The molecule has 0 heterocycles. The first-order valence-electron chi connectivity index (χ1n) is 6.77. The lowest BCUT2D eigenvalue weighted by atomic mass is 10.2. The summed E-state index contributed by atoms with van der Waals surface area (Å²) in [6, 6.07) is 11.8. The lowest BCUT2D eigenvalue weighted by Crippen LogP contribution is -2.26. The number of halogens is 1. The number of hydrogen-bond donors (Lipinski definition) is 3. The largest absolute Gasteiger partial charge is 0.507 e. The summed E-state index contributed by atoms with van der Waals surface area (Å²) < 4.78 is 5.18. The van der Waals surface area contributed by atoms with E-state index >= 15 is 0 Å². The molecule has 120 valence electrons. The molecular formula is C16H16ClN3O3. The van der Waals surface area contributed by atoms with Crippen molar-refractivity contribution >= 4 is 29.4 Å². The van der Waals surface area contributed by atoms with Gasteiger partial charge in [-0.3, -0.25) is 4.79 Å². The van der Waals surface area contributed by atoms with Crippen LogP contribution in [-0.2, 0) is 4.79 Å². The van der Waals surface area contributed by atoms with Gasteiger partial charge in [0.1, 0.15) is 11.5 Å². The highest BCUT2D eigenvalue weighted by Gasteiger charge is 2.04. The van der Waals surface area contributed by atoms with Crippen molar-refractivity contribution in [2.45, 2.75) is 0 Å². The minimum absolute atomic E-state index is 0.0270. The second-order valence-corrected chi connectivity index (χ2v) is 4.99. The van der Waals surface area contributed by atoms with Crippen LogP contribution < -0.4 is 15.5 Å². The molecule has 0 saturated carbocycles. The maximum atomic E-state index is 11.7. The molecule has 0 radical (unpaired) electrons. The van der Waals surface area contributed by atoms with Crippen molar-refractivity contribution in [2.24, 2.45) is 5.10 Å². The Hall–Kier alpha value is -2.73. The van der Waals surface area contributed by atoms with Gasteiger partial charge in [0.25, 0.3) is 5.91 Å². The van der Waals surface area contributed by atoms with Crippen molar-refractivity contribution in [3.8, 4) is 11.5 Å². The summed E-state index contributed by atoms with van der Waals surface area (Å²) in [4.78, 5) is 11.7. The Morgan fingerprint density at radius 2 is 2.13 bits per heavy atom. The van der Waals surface area contributed by atoms with Crippen molar-refractivity contribution in [2.75, 3.05) is 19.0 Å². The number of ether oxygens (including phenoxy) is 1. The van der Waals surface area contributed by atoms with Crippen LogP contribution in [0.5, 0.6) is 11.5 Å². The highest BCUT2D eigenvalue weighted by atomic mass is 35.5. The van der Waals surface area contributed by atoms with E-state index < -0.39 is 0 Å². The van der Waals surface area contributed by atoms with Crippen LogP contribution >= 0.6 is 11.6 Å². The Bertz CT molecular complexity index is 719. The highest BCUT2D eigenvalue weighted by Crippen LogP contribution is 2.22. The number of carbonyl (C=O) groups is 1. The van der Waals surface area contributed by atoms with E-state index in [4.69, 9.17) is 16.3 Å². The third kappa shape index (κ3) is 4.89. The van der Waals surface area contributed by atoms with E-state index in [1.54, 1.807) is 31.4 Å². The van der Waals surface area contributed by atoms with E-state index in [9.17, 15) is 9.90 Å². The first-order chi connectivity index (χ1) is 11.1. The van der Waals surface area contributed by atoms with Crippen LogP contribution in [0.1, 0.15) is 5.56 Å². The van der Waals surface area contributed by atoms with Gasteiger partial charge >= 0.3 is 0 Å². The highest BCUT2D eigenvalue weighted by molar-refractivity contribution is 6.30. The number of aromatic hydroxyl groups is 1. The predicted octanol–water partition coefficient (Wildman–Crippen LogP) is 2.62. The van der Waals surface area contributed by atoms with Crippen LogP contribution in [0.4, 0.5) is 5.69 Å². The van der Waals surface area contributed by atoms with Gasteiger partial charge in [-0.25, -0.2) is 5.43 Å². The Kier molecular flexibility index (Phi) is 5.82. The monoisotopic (exact) mass is 333 g/mol. The van der Waals surface area contributed by atoms with Gasteiger partial charge in [-0.1, -0.05) is 23.7 Å². The number of para-hydroxylation sites is 2. The third-order valence-electron chi connectivity index (χ3n) is 2.93. The average molecular weight is 334 g/mol. The summed E-state index contributed by atoms with van der Waals surface area (Å²) >= 11 is 5.82. The number of hydrogen-bond acceptors (Lipinski definition) is 5. The summed E-state index contributed by atoms with van der Waals surface area (Å²) in [5.41, 5.74) is 3.48. The minimum Gasteiger partial charge on any atom is -0.507 e. The van der Waals surface area contributed by atoms with Gasteiger partial charge in [0, 0.05) is 10.6 Å². The van der Waals surface area contributed by atoms with Crippen LogP contribution in [0, 0.1) is 0 Å². The van der Waals surface area contributed by atoms with Gasteiger partial charge in [0.05, 0.1) is 25.6 Å². The first-order valence-corrected chi connectivity index (χ1v) is 7.15. The minimum atomic E-state index is -0.339. The molecule has 23 heavy (non-hydrogen) atoms. The molecule has 6 nitrogen and oxygen atoms in total. The lowest BCUT2D eigenvalue weighted by Gasteiger charge is -2.09. The molecule has 0 atom stereocenters. The van der Waals surface area contributed by atoms with E-state index in [1.807, 2.05) is 12.1 Å². The van der Waals surface area contributed by atoms with E-state index in [0.717, 1.165) is 0 Å². The van der Waals surface area contributed by atoms with Crippen LogP contribution in [0.3, 0.4) is 0 Å². The summed E-state index contributed by atoms with van der Waals surface area (Å²) in [7, 11) is 1.56. The number of nitrogens with zero attached hydrogens (tertiary/aromatic N) is 1. The van der Waals surface area contributed by atoms with Crippen molar-refractivity contribution < 1.29 is 14.6 Å². The topological polar surface area (TPSA) is 83.0 Å². The summed E-state index contributed by atoms with van der Waals surface area (Å²) in [6.45, 7) is 0.0270. The molecule has 0 aromatic heterocycles. The smallest absolute Gasteiger partial charge is 0.259 e. The van der Waals surface area contributed by atoms with Gasteiger partial charge in [0.2, 0.25) is 0 Å². The molecule has 0 fully saturated rings. The van der Waals surface area contributed by atoms with Crippen LogP contribution in [0.2, 0.25) is 5.02 Å². The van der Waals surface area contributed by atoms with Gasteiger partial charge in [-0.15, -0.1) is 0 Å². The number of methoxy groups -OCH3 is 1. The van der Waals surface area contributed by atoms with Crippen molar-refractivity contribution in [1.29, 1.82) is 0 Å². The maximum Gasteiger partial charge on any atom is 0.259 e. The van der Waals surface area contributed by atoms with E-state index in [2.05, 4.69) is 15.8 Å². The molecule has 2 rings (SSSR count). The predicted molar refractivity (Wildman–Crippen MR) is 90.3 cm³/mol. The molecule has 0 aliphatic carbocycles. The van der Waals surface area contributed by atoms with Crippen LogP contribution in [-0.4, -0.2) is 30.9 Å². The Labute approximate surface area is 138 Å². The molecule has 3 N–H and O–H groups in total. The Morgan fingerprint density at radius 3 is 2.91 bits per heavy atom. The maximum absolute atomic E-state index is 11.7. The molecule has 7 heteroatoms. The number of amides is 1. The SMILES string of the molecule is COc1ccccc1NCC(=O)N/N=C\c1cc(Cl)ccc1O. The van der Waals surface area contributed by atoms with Crippen molar-refractivity contribution in [3.05, 3.63) is 53.1 Å². The van der Waals surface area contributed by atoms with Crippen LogP contribution in [0.25, 0.3) is 0 Å². The second-order valence-electron chi connectivity index (χ2n) is 4.55. The molecular weight excluding hydrogens is 318 g/mol. The second kappa shape index (κ2) is 8.05. The molecule has 0 aliphatic rings. The molecule has 0 unspecified atom stereocenters. The zero-order chi connectivity index (χ0) is 16.7. The number of rotatable bonds is 6. The molecule has 0 bridgehead atoms. The fourth-order valence-electron chi connectivity index (χ4n) is 1.81. The Balaban J connectivity index is 1.88. The zero-order valence-corrected chi connectivity index (χ0v) is 13.2. The average Bonchev–Trinajstić information content (AvgIpc) is 2.56. The molecule has 0 aliphatic heterocycles. The molecule has 0 spiro atoms. The number of phenols is 1. The number of carbonyl (C=O) groups excluding carboxylic acids is 1.